The van der Waals surface area contributed by atoms with Crippen LogP contribution in [0, 0.1) is 5.82 Å². The van der Waals surface area contributed by atoms with Gasteiger partial charge in [-0.2, -0.15) is 0 Å². The monoisotopic (exact) mass is 353 g/mol. The second kappa shape index (κ2) is 6.58. The van der Waals surface area contributed by atoms with E-state index in [9.17, 15) is 9.18 Å². The van der Waals surface area contributed by atoms with Gasteiger partial charge in [-0.05, 0) is 40.2 Å². The maximum atomic E-state index is 13.4. The largest absolute Gasteiger partial charge is 0.488 e. The molecule has 0 atom stereocenters. The van der Waals surface area contributed by atoms with Crippen molar-refractivity contribution in [2.45, 2.75) is 6.61 Å². The molecule has 0 heterocycles. The zero-order chi connectivity index (χ0) is 15.4. The summed E-state index contributed by atoms with van der Waals surface area (Å²) < 4.78 is 24.0. The van der Waals surface area contributed by atoms with Crippen LogP contribution >= 0.6 is 15.9 Å². The fourth-order valence-electron chi connectivity index (χ4n) is 1.76. The number of nitrogens with two attached hydrogens (primary N) is 1. The third-order valence-corrected chi connectivity index (χ3v) is 3.71. The summed E-state index contributed by atoms with van der Waals surface area (Å²) in [5, 5.41) is 0. The quantitative estimate of drug-likeness (QED) is 0.674. The van der Waals surface area contributed by atoms with Crippen molar-refractivity contribution in [2.24, 2.45) is 0 Å². The van der Waals surface area contributed by atoms with Gasteiger partial charge in [0.2, 0.25) is 0 Å². The highest BCUT2D eigenvalue weighted by molar-refractivity contribution is 9.10. The molecule has 6 heteroatoms. The third-order valence-electron chi connectivity index (χ3n) is 2.82. The minimum Gasteiger partial charge on any atom is -0.488 e. The van der Waals surface area contributed by atoms with Crippen molar-refractivity contribution in [3.63, 3.8) is 0 Å². The van der Waals surface area contributed by atoms with Crippen molar-refractivity contribution in [3.8, 4) is 5.75 Å². The highest BCUT2D eigenvalue weighted by Gasteiger charge is 2.14. The van der Waals surface area contributed by atoms with E-state index in [1.807, 2.05) is 0 Å². The second-order valence-electron chi connectivity index (χ2n) is 4.25. The van der Waals surface area contributed by atoms with E-state index >= 15 is 0 Å². The molecule has 0 aromatic heterocycles. The van der Waals surface area contributed by atoms with Gasteiger partial charge in [-0.25, -0.2) is 9.18 Å². The molecule has 0 saturated carbocycles. The number of anilines is 1. The molecule has 2 rings (SSSR count). The Hall–Kier alpha value is -2.08. The van der Waals surface area contributed by atoms with Gasteiger partial charge in [-0.15, -0.1) is 0 Å². The van der Waals surface area contributed by atoms with Gasteiger partial charge in [0, 0.05) is 11.3 Å². The Morgan fingerprint density at radius 1 is 1.33 bits per heavy atom. The molecule has 0 saturated heterocycles. The summed E-state index contributed by atoms with van der Waals surface area (Å²) in [4.78, 5) is 11.7. The van der Waals surface area contributed by atoms with Crippen molar-refractivity contribution >= 4 is 27.6 Å². The Morgan fingerprint density at radius 2 is 2.10 bits per heavy atom. The van der Waals surface area contributed by atoms with E-state index in [4.69, 9.17) is 10.5 Å². The van der Waals surface area contributed by atoms with Crippen molar-refractivity contribution in [3.05, 3.63) is 57.8 Å². The van der Waals surface area contributed by atoms with E-state index in [-0.39, 0.29) is 18.0 Å². The molecule has 110 valence electrons. The Kier molecular flexibility index (Phi) is 4.80. The summed E-state index contributed by atoms with van der Waals surface area (Å²) in [7, 11) is 1.28. The molecule has 0 spiro atoms. The Morgan fingerprint density at radius 3 is 2.81 bits per heavy atom. The van der Waals surface area contributed by atoms with Gasteiger partial charge in [-0.1, -0.05) is 12.1 Å². The highest BCUT2D eigenvalue weighted by atomic mass is 79.9. The van der Waals surface area contributed by atoms with Crippen LogP contribution in [-0.4, -0.2) is 13.1 Å². The molecule has 0 bridgehead atoms. The predicted octanol–water partition coefficient (Wildman–Crippen LogP) is 3.54. The summed E-state index contributed by atoms with van der Waals surface area (Å²) in [5.74, 6) is -0.593. The van der Waals surface area contributed by atoms with Gasteiger partial charge in [0.15, 0.2) is 0 Å². The number of esters is 1. The van der Waals surface area contributed by atoms with Crippen molar-refractivity contribution < 1.29 is 18.7 Å². The number of benzene rings is 2. The third kappa shape index (κ3) is 3.52. The van der Waals surface area contributed by atoms with Crippen LogP contribution < -0.4 is 10.5 Å². The normalized spacial score (nSPS) is 10.2. The van der Waals surface area contributed by atoms with Gasteiger partial charge in [0.1, 0.15) is 23.7 Å². The zero-order valence-electron chi connectivity index (χ0n) is 11.2. The van der Waals surface area contributed by atoms with Crippen LogP contribution in [0.5, 0.6) is 5.75 Å². The van der Waals surface area contributed by atoms with E-state index in [1.165, 1.54) is 19.2 Å². The summed E-state index contributed by atoms with van der Waals surface area (Å²) in [6, 6.07) is 9.32. The fourth-order valence-corrected chi connectivity index (χ4v) is 2.14. The molecule has 0 aliphatic carbocycles. The number of carbonyl (C=O) groups is 1. The van der Waals surface area contributed by atoms with Crippen LogP contribution in [0.4, 0.5) is 10.1 Å². The predicted molar refractivity (Wildman–Crippen MR) is 80.6 cm³/mol. The summed E-state index contributed by atoms with van der Waals surface area (Å²) >= 11 is 3.16. The standard InChI is InChI=1S/C15H13BrFNO3/c1-20-15(19)11-7-10(18)5-6-13(11)21-8-9-3-2-4-12(17)14(9)16/h2-7H,8,18H2,1H3. The summed E-state index contributed by atoms with van der Waals surface area (Å²) in [6.45, 7) is 0.103. The van der Waals surface area contributed by atoms with Crippen molar-refractivity contribution in [1.82, 2.24) is 0 Å². The SMILES string of the molecule is COC(=O)c1cc(N)ccc1OCc1cccc(F)c1Br. The van der Waals surface area contributed by atoms with E-state index in [1.54, 1.807) is 24.3 Å². The molecule has 0 unspecified atom stereocenters. The van der Waals surface area contributed by atoms with Crippen LogP contribution in [0.25, 0.3) is 0 Å². The molecule has 0 radical (unpaired) electrons. The lowest BCUT2D eigenvalue weighted by molar-refractivity contribution is 0.0595. The molecule has 2 N–H and O–H groups in total. The van der Waals surface area contributed by atoms with Crippen LogP contribution in [0.1, 0.15) is 15.9 Å². The first-order valence-electron chi connectivity index (χ1n) is 6.06. The van der Waals surface area contributed by atoms with E-state index < -0.39 is 5.97 Å². The smallest absolute Gasteiger partial charge is 0.341 e. The number of rotatable bonds is 4. The van der Waals surface area contributed by atoms with Crippen LogP contribution in [0.15, 0.2) is 40.9 Å². The Bertz CT molecular complexity index is 676. The molecule has 0 aliphatic heterocycles. The second-order valence-corrected chi connectivity index (χ2v) is 5.04. The molecule has 2 aromatic rings. The minimum atomic E-state index is -0.546. The van der Waals surface area contributed by atoms with Gasteiger partial charge >= 0.3 is 5.97 Å². The first-order chi connectivity index (χ1) is 10.0. The van der Waals surface area contributed by atoms with Crippen LogP contribution in [0.3, 0.4) is 0 Å². The van der Waals surface area contributed by atoms with Crippen LogP contribution in [-0.2, 0) is 11.3 Å². The number of hydrogen-bond acceptors (Lipinski definition) is 4. The number of methoxy groups -OCH3 is 1. The lowest BCUT2D eigenvalue weighted by atomic mass is 10.1. The number of halogens is 2. The van der Waals surface area contributed by atoms with Gasteiger partial charge in [0.05, 0.1) is 11.6 Å². The average molecular weight is 354 g/mol. The number of hydrogen-bond donors (Lipinski definition) is 1. The van der Waals surface area contributed by atoms with E-state index in [2.05, 4.69) is 20.7 Å². The van der Waals surface area contributed by atoms with Gasteiger partial charge in [-0.3, -0.25) is 0 Å². The lowest BCUT2D eigenvalue weighted by Crippen LogP contribution is -2.07. The molecule has 21 heavy (non-hydrogen) atoms. The molecular formula is C15H13BrFNO3. The average Bonchev–Trinajstić information content (AvgIpc) is 2.49. The lowest BCUT2D eigenvalue weighted by Gasteiger charge is -2.12. The minimum absolute atomic E-state index is 0.103. The molecule has 0 fully saturated rings. The Labute approximate surface area is 129 Å². The molecular weight excluding hydrogens is 341 g/mol. The summed E-state index contributed by atoms with van der Waals surface area (Å²) in [5.41, 5.74) is 6.93. The van der Waals surface area contributed by atoms with Crippen LogP contribution in [0.2, 0.25) is 0 Å². The molecule has 0 aliphatic rings. The zero-order valence-corrected chi connectivity index (χ0v) is 12.8. The molecule has 0 amide bonds. The molecule has 2 aromatic carbocycles. The first kappa shape index (κ1) is 15.3. The first-order valence-corrected chi connectivity index (χ1v) is 6.85. The van der Waals surface area contributed by atoms with E-state index in [0.717, 1.165) is 0 Å². The number of carbonyl (C=O) groups excluding carboxylic acids is 1. The maximum Gasteiger partial charge on any atom is 0.341 e. The van der Waals surface area contributed by atoms with Gasteiger partial charge in [0.25, 0.3) is 0 Å². The highest BCUT2D eigenvalue weighted by Crippen LogP contribution is 2.26. The topological polar surface area (TPSA) is 61.5 Å². The maximum absolute atomic E-state index is 13.4. The molecule has 4 nitrogen and oxygen atoms in total. The number of ether oxygens (including phenoxy) is 2. The fraction of sp³-hybridized carbons (Fsp3) is 0.133. The van der Waals surface area contributed by atoms with Crippen molar-refractivity contribution in [2.75, 3.05) is 12.8 Å². The van der Waals surface area contributed by atoms with E-state index in [0.29, 0.717) is 21.5 Å². The Balaban J connectivity index is 2.24. The van der Waals surface area contributed by atoms with Crippen molar-refractivity contribution in [1.29, 1.82) is 0 Å². The summed E-state index contributed by atoms with van der Waals surface area (Å²) in [6.07, 6.45) is 0. The van der Waals surface area contributed by atoms with Gasteiger partial charge < -0.3 is 15.2 Å². The number of nitrogen functional groups attached to an aromatic ring is 1.